The van der Waals surface area contributed by atoms with E-state index in [0.717, 1.165) is 24.2 Å². The maximum atomic E-state index is 12.5. The molecule has 1 amide bonds. The van der Waals surface area contributed by atoms with Crippen molar-refractivity contribution < 1.29 is 9.53 Å². The molecule has 0 radical (unpaired) electrons. The predicted octanol–water partition coefficient (Wildman–Crippen LogP) is 3.42. The standard InChI is InChI=1S/C17H25NO2/c1-17(2,13-9-11-15(20-3)12-10-13)16(19)18-14-7-5-4-6-8-14/h9-12,14H,4-8H2,1-3H3,(H,18,19). The van der Waals surface area contributed by atoms with Gasteiger partial charge in [-0.2, -0.15) is 0 Å². The fraction of sp³-hybridized carbons (Fsp3) is 0.588. The Balaban J connectivity index is 2.05. The fourth-order valence-corrected chi connectivity index (χ4v) is 2.75. The number of amides is 1. The third-order valence-corrected chi connectivity index (χ3v) is 4.32. The van der Waals surface area contributed by atoms with Gasteiger partial charge >= 0.3 is 0 Å². The van der Waals surface area contributed by atoms with E-state index in [2.05, 4.69) is 5.32 Å². The van der Waals surface area contributed by atoms with Gasteiger partial charge in [0.15, 0.2) is 0 Å². The van der Waals surface area contributed by atoms with Crippen LogP contribution in [0.1, 0.15) is 51.5 Å². The van der Waals surface area contributed by atoms with Gasteiger partial charge in [-0.3, -0.25) is 4.79 Å². The van der Waals surface area contributed by atoms with E-state index in [1.165, 1.54) is 19.3 Å². The molecule has 1 fully saturated rings. The molecule has 1 aliphatic rings. The van der Waals surface area contributed by atoms with Gasteiger partial charge in [-0.25, -0.2) is 0 Å². The van der Waals surface area contributed by atoms with Crippen LogP contribution < -0.4 is 10.1 Å². The van der Waals surface area contributed by atoms with Crippen LogP contribution in [-0.4, -0.2) is 19.1 Å². The molecule has 2 rings (SSSR count). The number of hydrogen-bond acceptors (Lipinski definition) is 2. The van der Waals surface area contributed by atoms with E-state index in [0.29, 0.717) is 6.04 Å². The largest absolute Gasteiger partial charge is 0.497 e. The summed E-state index contributed by atoms with van der Waals surface area (Å²) < 4.78 is 5.16. The molecular formula is C17H25NO2. The zero-order valence-corrected chi connectivity index (χ0v) is 12.7. The summed E-state index contributed by atoms with van der Waals surface area (Å²) in [7, 11) is 1.65. The number of carbonyl (C=O) groups is 1. The minimum absolute atomic E-state index is 0.120. The molecule has 1 N–H and O–H groups in total. The van der Waals surface area contributed by atoms with E-state index < -0.39 is 5.41 Å². The van der Waals surface area contributed by atoms with Gasteiger partial charge < -0.3 is 10.1 Å². The van der Waals surface area contributed by atoms with Crippen molar-refractivity contribution in [1.82, 2.24) is 5.32 Å². The van der Waals surface area contributed by atoms with Gasteiger partial charge in [0.25, 0.3) is 0 Å². The molecule has 1 aromatic carbocycles. The predicted molar refractivity (Wildman–Crippen MR) is 81.0 cm³/mol. The number of carbonyl (C=O) groups excluding carboxylic acids is 1. The van der Waals surface area contributed by atoms with Crippen LogP contribution in [0.3, 0.4) is 0 Å². The van der Waals surface area contributed by atoms with Crippen LogP contribution in [0.2, 0.25) is 0 Å². The summed E-state index contributed by atoms with van der Waals surface area (Å²) in [6, 6.07) is 8.11. The monoisotopic (exact) mass is 275 g/mol. The van der Waals surface area contributed by atoms with Crippen molar-refractivity contribution in [2.45, 2.75) is 57.4 Å². The Hall–Kier alpha value is -1.51. The van der Waals surface area contributed by atoms with Crippen molar-refractivity contribution in [1.29, 1.82) is 0 Å². The third kappa shape index (κ3) is 3.33. The van der Waals surface area contributed by atoms with Crippen LogP contribution in [0.15, 0.2) is 24.3 Å². The van der Waals surface area contributed by atoms with Crippen LogP contribution >= 0.6 is 0 Å². The molecule has 110 valence electrons. The lowest BCUT2D eigenvalue weighted by molar-refractivity contribution is -0.126. The Bertz CT molecular complexity index is 445. The molecule has 3 heteroatoms. The van der Waals surface area contributed by atoms with Crippen molar-refractivity contribution in [3.8, 4) is 5.75 Å². The van der Waals surface area contributed by atoms with Crippen LogP contribution in [0.4, 0.5) is 0 Å². The fourth-order valence-electron chi connectivity index (χ4n) is 2.75. The molecule has 1 aromatic rings. The highest BCUT2D eigenvalue weighted by atomic mass is 16.5. The van der Waals surface area contributed by atoms with E-state index >= 15 is 0 Å². The van der Waals surface area contributed by atoms with Gasteiger partial charge in [-0.1, -0.05) is 31.4 Å². The summed E-state index contributed by atoms with van der Waals surface area (Å²) in [6.07, 6.45) is 5.99. The second kappa shape index (κ2) is 6.29. The Labute approximate surface area is 121 Å². The number of ether oxygens (including phenoxy) is 1. The summed E-state index contributed by atoms with van der Waals surface area (Å²) in [6.45, 7) is 3.96. The molecule has 0 unspecified atom stereocenters. The van der Waals surface area contributed by atoms with E-state index in [9.17, 15) is 4.79 Å². The lowest BCUT2D eigenvalue weighted by atomic mass is 9.83. The van der Waals surface area contributed by atoms with Gasteiger partial charge in [-0.05, 0) is 44.4 Å². The summed E-state index contributed by atoms with van der Waals surface area (Å²) >= 11 is 0. The van der Waals surface area contributed by atoms with Crippen molar-refractivity contribution in [2.75, 3.05) is 7.11 Å². The van der Waals surface area contributed by atoms with Crippen molar-refractivity contribution >= 4 is 5.91 Å². The first-order chi connectivity index (χ1) is 9.54. The molecule has 0 saturated heterocycles. The van der Waals surface area contributed by atoms with Gasteiger partial charge in [0.1, 0.15) is 5.75 Å². The summed E-state index contributed by atoms with van der Waals surface area (Å²) in [5.41, 5.74) is 0.510. The normalized spacial score (nSPS) is 16.8. The van der Waals surface area contributed by atoms with Gasteiger partial charge in [0.2, 0.25) is 5.91 Å². The van der Waals surface area contributed by atoms with Crippen molar-refractivity contribution in [2.24, 2.45) is 0 Å². The van der Waals surface area contributed by atoms with Crippen molar-refractivity contribution in [3.05, 3.63) is 29.8 Å². The highest BCUT2D eigenvalue weighted by Gasteiger charge is 2.31. The Morgan fingerprint density at radius 3 is 2.30 bits per heavy atom. The number of methoxy groups -OCH3 is 1. The van der Waals surface area contributed by atoms with Crippen LogP contribution in [-0.2, 0) is 10.2 Å². The Morgan fingerprint density at radius 2 is 1.75 bits per heavy atom. The SMILES string of the molecule is COc1ccc(C(C)(C)C(=O)NC2CCCCC2)cc1. The van der Waals surface area contributed by atoms with Gasteiger partial charge in [0, 0.05) is 6.04 Å². The third-order valence-electron chi connectivity index (χ3n) is 4.32. The average Bonchev–Trinajstić information content (AvgIpc) is 2.48. The first kappa shape index (κ1) is 14.9. The molecule has 0 spiro atoms. The summed E-state index contributed by atoms with van der Waals surface area (Å²) in [4.78, 5) is 12.5. The van der Waals surface area contributed by atoms with E-state index in [-0.39, 0.29) is 5.91 Å². The van der Waals surface area contributed by atoms with Gasteiger partial charge in [0.05, 0.1) is 12.5 Å². The van der Waals surface area contributed by atoms with Crippen LogP contribution in [0.25, 0.3) is 0 Å². The smallest absolute Gasteiger partial charge is 0.230 e. The molecule has 0 aromatic heterocycles. The van der Waals surface area contributed by atoms with E-state index in [1.54, 1.807) is 7.11 Å². The molecule has 0 atom stereocenters. The number of benzene rings is 1. The minimum Gasteiger partial charge on any atom is -0.497 e. The Morgan fingerprint density at radius 1 is 1.15 bits per heavy atom. The second-order valence-corrected chi connectivity index (χ2v) is 6.16. The molecule has 20 heavy (non-hydrogen) atoms. The van der Waals surface area contributed by atoms with Crippen LogP contribution in [0.5, 0.6) is 5.75 Å². The summed E-state index contributed by atoms with van der Waals surface area (Å²) in [5, 5.41) is 3.22. The topological polar surface area (TPSA) is 38.3 Å². The maximum Gasteiger partial charge on any atom is 0.230 e. The number of nitrogens with one attached hydrogen (secondary N) is 1. The van der Waals surface area contributed by atoms with Crippen LogP contribution in [0, 0.1) is 0 Å². The Kier molecular flexibility index (Phi) is 4.69. The van der Waals surface area contributed by atoms with E-state index in [1.807, 2.05) is 38.1 Å². The maximum absolute atomic E-state index is 12.5. The van der Waals surface area contributed by atoms with Crippen molar-refractivity contribution in [3.63, 3.8) is 0 Å². The zero-order chi connectivity index (χ0) is 14.6. The first-order valence-electron chi connectivity index (χ1n) is 7.49. The molecule has 0 bridgehead atoms. The number of hydrogen-bond donors (Lipinski definition) is 1. The van der Waals surface area contributed by atoms with Gasteiger partial charge in [-0.15, -0.1) is 0 Å². The zero-order valence-electron chi connectivity index (χ0n) is 12.7. The second-order valence-electron chi connectivity index (χ2n) is 6.16. The quantitative estimate of drug-likeness (QED) is 0.914. The minimum atomic E-state index is -0.510. The molecular weight excluding hydrogens is 250 g/mol. The summed E-state index contributed by atoms with van der Waals surface area (Å²) in [5.74, 6) is 0.937. The first-order valence-corrected chi connectivity index (χ1v) is 7.49. The highest BCUT2D eigenvalue weighted by Crippen LogP contribution is 2.26. The number of rotatable bonds is 4. The molecule has 0 aliphatic heterocycles. The lowest BCUT2D eigenvalue weighted by Crippen LogP contribution is -2.45. The molecule has 3 nitrogen and oxygen atoms in total. The molecule has 1 saturated carbocycles. The average molecular weight is 275 g/mol. The lowest BCUT2D eigenvalue weighted by Gasteiger charge is -2.29. The van der Waals surface area contributed by atoms with E-state index in [4.69, 9.17) is 4.74 Å². The highest BCUT2D eigenvalue weighted by molar-refractivity contribution is 5.87. The molecule has 0 heterocycles. The molecule has 1 aliphatic carbocycles.